The second-order valence-corrected chi connectivity index (χ2v) is 7.42. The molecule has 1 aliphatic carbocycles. The van der Waals surface area contributed by atoms with Gasteiger partial charge in [-0.05, 0) is 26.7 Å². The largest absolute Gasteiger partial charge is 0.378 e. The molecule has 1 rings (SSSR count). The van der Waals surface area contributed by atoms with Crippen LogP contribution in [0.15, 0.2) is 0 Å². The molecule has 0 bridgehead atoms. The predicted octanol–water partition coefficient (Wildman–Crippen LogP) is 0.943. The van der Waals surface area contributed by atoms with Crippen LogP contribution in [0.4, 0.5) is 0 Å². The van der Waals surface area contributed by atoms with Gasteiger partial charge < -0.3 is 10.5 Å². The molecule has 2 unspecified atom stereocenters. The monoisotopic (exact) mass is 278 g/mol. The van der Waals surface area contributed by atoms with Crippen LogP contribution in [-0.4, -0.2) is 50.3 Å². The van der Waals surface area contributed by atoms with Gasteiger partial charge in [0.05, 0.1) is 18.5 Å². The lowest BCUT2D eigenvalue weighted by Crippen LogP contribution is -2.50. The third kappa shape index (κ3) is 4.50. The molecule has 0 amide bonds. The number of likely N-dealkylation sites (N-methyl/N-ethyl adjacent to an activating group) is 1. The van der Waals surface area contributed by atoms with Gasteiger partial charge in [0.2, 0.25) is 10.0 Å². The summed E-state index contributed by atoms with van der Waals surface area (Å²) in [6.45, 7) is 4.03. The molecule has 6 heteroatoms. The molecule has 1 saturated carbocycles. The Bertz CT molecular complexity index is 343. The Morgan fingerprint density at radius 2 is 1.94 bits per heavy atom. The van der Waals surface area contributed by atoms with Gasteiger partial charge in [0.25, 0.3) is 0 Å². The van der Waals surface area contributed by atoms with E-state index in [2.05, 4.69) is 0 Å². The SMILES string of the molecule is CC(C)OCCS(=O)(=O)N(C)C1CCCCC1N. The molecule has 0 aromatic rings. The fraction of sp³-hybridized carbons (Fsp3) is 1.00. The number of hydrogen-bond acceptors (Lipinski definition) is 4. The highest BCUT2D eigenvalue weighted by Crippen LogP contribution is 2.23. The van der Waals surface area contributed by atoms with Gasteiger partial charge in [0, 0.05) is 19.1 Å². The molecule has 0 spiro atoms. The van der Waals surface area contributed by atoms with Crippen molar-refractivity contribution in [2.24, 2.45) is 5.73 Å². The lowest BCUT2D eigenvalue weighted by Gasteiger charge is -2.35. The lowest BCUT2D eigenvalue weighted by atomic mass is 9.91. The molecule has 0 heterocycles. The molecule has 0 aromatic heterocycles. The van der Waals surface area contributed by atoms with Gasteiger partial charge in [-0.1, -0.05) is 12.8 Å². The van der Waals surface area contributed by atoms with Crippen molar-refractivity contribution < 1.29 is 13.2 Å². The van der Waals surface area contributed by atoms with Crippen LogP contribution in [0.1, 0.15) is 39.5 Å². The van der Waals surface area contributed by atoms with Gasteiger partial charge in [-0.2, -0.15) is 0 Å². The van der Waals surface area contributed by atoms with Gasteiger partial charge in [-0.3, -0.25) is 0 Å². The maximum absolute atomic E-state index is 12.1. The van der Waals surface area contributed by atoms with Crippen LogP contribution in [0.3, 0.4) is 0 Å². The second-order valence-electron chi connectivity index (χ2n) is 5.27. The highest BCUT2D eigenvalue weighted by Gasteiger charge is 2.32. The van der Waals surface area contributed by atoms with Crippen LogP contribution in [-0.2, 0) is 14.8 Å². The minimum atomic E-state index is -3.26. The highest BCUT2D eigenvalue weighted by atomic mass is 32.2. The molecule has 108 valence electrons. The minimum absolute atomic E-state index is 0.0326. The first-order chi connectivity index (χ1) is 8.34. The fourth-order valence-corrected chi connectivity index (χ4v) is 3.60. The van der Waals surface area contributed by atoms with Crippen LogP contribution in [0.2, 0.25) is 0 Å². The van der Waals surface area contributed by atoms with Crippen LogP contribution in [0.5, 0.6) is 0 Å². The summed E-state index contributed by atoms with van der Waals surface area (Å²) >= 11 is 0. The number of ether oxygens (including phenoxy) is 1. The Labute approximate surface area is 111 Å². The zero-order chi connectivity index (χ0) is 13.8. The predicted molar refractivity (Wildman–Crippen MR) is 72.9 cm³/mol. The maximum Gasteiger partial charge on any atom is 0.216 e. The summed E-state index contributed by atoms with van der Waals surface area (Å²) in [5, 5.41) is 0. The van der Waals surface area contributed by atoms with Crippen molar-refractivity contribution in [2.75, 3.05) is 19.4 Å². The van der Waals surface area contributed by atoms with Crippen molar-refractivity contribution in [1.82, 2.24) is 4.31 Å². The first-order valence-corrected chi connectivity index (χ1v) is 8.28. The summed E-state index contributed by atoms with van der Waals surface area (Å²) in [7, 11) is -1.62. The van der Waals surface area contributed by atoms with Crippen molar-refractivity contribution in [1.29, 1.82) is 0 Å². The van der Waals surface area contributed by atoms with E-state index in [4.69, 9.17) is 10.5 Å². The lowest BCUT2D eigenvalue weighted by molar-refractivity contribution is 0.0904. The minimum Gasteiger partial charge on any atom is -0.378 e. The van der Waals surface area contributed by atoms with Crippen LogP contribution >= 0.6 is 0 Å². The van der Waals surface area contributed by atoms with Crippen molar-refractivity contribution >= 4 is 10.0 Å². The molecule has 18 heavy (non-hydrogen) atoms. The van der Waals surface area contributed by atoms with E-state index in [1.165, 1.54) is 4.31 Å². The van der Waals surface area contributed by atoms with E-state index >= 15 is 0 Å². The van der Waals surface area contributed by atoms with Gasteiger partial charge in [-0.25, -0.2) is 12.7 Å². The van der Waals surface area contributed by atoms with E-state index in [9.17, 15) is 8.42 Å². The molecule has 0 saturated heterocycles. The first-order valence-electron chi connectivity index (χ1n) is 6.67. The van der Waals surface area contributed by atoms with Crippen LogP contribution < -0.4 is 5.73 Å². The third-order valence-electron chi connectivity index (χ3n) is 3.48. The Morgan fingerprint density at radius 1 is 1.33 bits per heavy atom. The van der Waals surface area contributed by atoms with Crippen molar-refractivity contribution in [3.8, 4) is 0 Å². The topological polar surface area (TPSA) is 72.6 Å². The summed E-state index contributed by atoms with van der Waals surface area (Å²) < 4.78 is 31.1. The molecule has 2 N–H and O–H groups in total. The number of hydrogen-bond donors (Lipinski definition) is 1. The van der Waals surface area contributed by atoms with E-state index in [-0.39, 0.29) is 30.5 Å². The molecule has 5 nitrogen and oxygen atoms in total. The summed E-state index contributed by atoms with van der Waals surface area (Å²) in [6.07, 6.45) is 3.99. The average Bonchev–Trinajstić information content (AvgIpc) is 2.28. The third-order valence-corrected chi connectivity index (χ3v) is 5.31. The zero-order valence-electron chi connectivity index (χ0n) is 11.6. The van der Waals surface area contributed by atoms with E-state index in [1.807, 2.05) is 13.8 Å². The fourth-order valence-electron chi connectivity index (χ4n) is 2.33. The van der Waals surface area contributed by atoms with Crippen molar-refractivity contribution in [3.63, 3.8) is 0 Å². The molecule has 0 aromatic carbocycles. The Morgan fingerprint density at radius 3 is 2.50 bits per heavy atom. The standard InChI is InChI=1S/C12H26N2O3S/c1-10(2)17-8-9-18(15,16)14(3)12-7-5-4-6-11(12)13/h10-12H,4-9,13H2,1-3H3. The average molecular weight is 278 g/mol. The molecular weight excluding hydrogens is 252 g/mol. The Hall–Kier alpha value is -0.170. The summed E-state index contributed by atoms with van der Waals surface area (Å²) in [4.78, 5) is 0. The van der Waals surface area contributed by atoms with Crippen molar-refractivity contribution in [2.45, 2.75) is 57.7 Å². The van der Waals surface area contributed by atoms with Crippen molar-refractivity contribution in [3.05, 3.63) is 0 Å². The van der Waals surface area contributed by atoms with Gasteiger partial charge in [0.15, 0.2) is 0 Å². The maximum atomic E-state index is 12.1. The zero-order valence-corrected chi connectivity index (χ0v) is 12.4. The molecule has 0 radical (unpaired) electrons. The number of sulfonamides is 1. The highest BCUT2D eigenvalue weighted by molar-refractivity contribution is 7.89. The van der Waals surface area contributed by atoms with Crippen LogP contribution in [0.25, 0.3) is 0 Å². The van der Waals surface area contributed by atoms with E-state index < -0.39 is 10.0 Å². The molecule has 1 fully saturated rings. The first kappa shape index (κ1) is 15.9. The van der Waals surface area contributed by atoms with Gasteiger partial charge in [-0.15, -0.1) is 0 Å². The van der Waals surface area contributed by atoms with Gasteiger partial charge in [0.1, 0.15) is 0 Å². The normalized spacial score (nSPS) is 25.9. The number of rotatable bonds is 6. The molecule has 1 aliphatic rings. The Kier molecular flexibility index (Phi) is 6.04. The molecular formula is C12H26N2O3S. The molecule has 0 aliphatic heterocycles. The quantitative estimate of drug-likeness (QED) is 0.785. The summed E-state index contributed by atoms with van der Waals surface area (Å²) in [6, 6.07) is -0.0904. The summed E-state index contributed by atoms with van der Waals surface area (Å²) in [5.41, 5.74) is 6.02. The van der Waals surface area contributed by atoms with Crippen LogP contribution in [0, 0.1) is 0 Å². The van der Waals surface area contributed by atoms with E-state index in [0.29, 0.717) is 0 Å². The van der Waals surface area contributed by atoms with Gasteiger partial charge >= 0.3 is 0 Å². The smallest absolute Gasteiger partial charge is 0.216 e. The second kappa shape index (κ2) is 6.84. The summed E-state index contributed by atoms with van der Waals surface area (Å²) in [5.74, 6) is 0.0326. The van der Waals surface area contributed by atoms with E-state index in [0.717, 1.165) is 25.7 Å². The van der Waals surface area contributed by atoms with E-state index in [1.54, 1.807) is 7.05 Å². The number of nitrogens with two attached hydrogens (primary N) is 1. The molecule has 2 atom stereocenters. The Balaban J connectivity index is 2.54. The number of nitrogens with zero attached hydrogens (tertiary/aromatic N) is 1.